The van der Waals surface area contributed by atoms with Gasteiger partial charge in [-0.25, -0.2) is 4.98 Å². The van der Waals surface area contributed by atoms with E-state index < -0.39 is 0 Å². The second kappa shape index (κ2) is 5.85. The molecule has 4 nitrogen and oxygen atoms in total. The number of carbonyl (C=O) groups excluding carboxylic acids is 1. The zero-order valence-electron chi connectivity index (χ0n) is 11.8. The molecule has 0 spiro atoms. The standard InChI is InChI=1S/C16H16BrN3O/c1-18-15-14(8-13(17)9-19-15)16(21)20-7-6-11-4-2-3-5-12(11)10-20/h2-5,8-9H,6-7,10H2,1H3,(H,18,19). The number of nitrogens with one attached hydrogen (secondary N) is 1. The van der Waals surface area contributed by atoms with Crippen molar-refractivity contribution in [2.45, 2.75) is 13.0 Å². The highest BCUT2D eigenvalue weighted by Crippen LogP contribution is 2.24. The summed E-state index contributed by atoms with van der Waals surface area (Å²) in [6.07, 6.45) is 2.59. The largest absolute Gasteiger partial charge is 0.372 e. The number of nitrogens with zero attached hydrogens (tertiary/aromatic N) is 2. The molecule has 1 aromatic carbocycles. The third-order valence-electron chi connectivity index (χ3n) is 3.74. The van der Waals surface area contributed by atoms with Crippen LogP contribution in [-0.2, 0) is 13.0 Å². The lowest BCUT2D eigenvalue weighted by Crippen LogP contribution is -2.36. The minimum absolute atomic E-state index is 0.0163. The molecule has 1 aliphatic rings. The first kappa shape index (κ1) is 14.1. The van der Waals surface area contributed by atoms with E-state index >= 15 is 0 Å². The lowest BCUT2D eigenvalue weighted by Gasteiger charge is -2.29. The third kappa shape index (κ3) is 2.78. The maximum absolute atomic E-state index is 12.8. The Morgan fingerprint density at radius 1 is 1.33 bits per heavy atom. The summed E-state index contributed by atoms with van der Waals surface area (Å²) >= 11 is 3.38. The number of amides is 1. The SMILES string of the molecule is CNc1ncc(Br)cc1C(=O)N1CCc2ccccc2C1. The predicted molar refractivity (Wildman–Crippen MR) is 86.4 cm³/mol. The van der Waals surface area contributed by atoms with Crippen LogP contribution in [0.15, 0.2) is 41.0 Å². The Labute approximate surface area is 132 Å². The number of hydrogen-bond acceptors (Lipinski definition) is 3. The molecule has 1 amide bonds. The molecule has 1 N–H and O–H groups in total. The number of aromatic nitrogens is 1. The molecule has 0 bridgehead atoms. The molecule has 0 fully saturated rings. The Bertz CT molecular complexity index is 687. The van der Waals surface area contributed by atoms with E-state index in [1.54, 1.807) is 13.2 Å². The summed E-state index contributed by atoms with van der Waals surface area (Å²) in [7, 11) is 1.78. The monoisotopic (exact) mass is 345 g/mol. The van der Waals surface area contributed by atoms with Crippen LogP contribution >= 0.6 is 15.9 Å². The van der Waals surface area contributed by atoms with E-state index in [-0.39, 0.29) is 5.91 Å². The Kier molecular flexibility index (Phi) is 3.92. The summed E-state index contributed by atoms with van der Waals surface area (Å²) in [5.41, 5.74) is 3.17. The van der Waals surface area contributed by atoms with Crippen molar-refractivity contribution >= 4 is 27.7 Å². The third-order valence-corrected chi connectivity index (χ3v) is 4.17. The molecule has 2 heterocycles. The molecule has 0 aliphatic carbocycles. The molecule has 0 unspecified atom stereocenters. The number of benzene rings is 1. The smallest absolute Gasteiger partial charge is 0.257 e. The van der Waals surface area contributed by atoms with Crippen molar-refractivity contribution in [3.8, 4) is 0 Å². The average Bonchev–Trinajstić information content (AvgIpc) is 2.53. The van der Waals surface area contributed by atoms with Crippen molar-refractivity contribution < 1.29 is 4.79 Å². The van der Waals surface area contributed by atoms with Crippen LogP contribution in [0, 0.1) is 0 Å². The summed E-state index contributed by atoms with van der Waals surface area (Å²) in [6, 6.07) is 10.1. The van der Waals surface area contributed by atoms with Crippen LogP contribution in [0.1, 0.15) is 21.5 Å². The van der Waals surface area contributed by atoms with Gasteiger partial charge in [-0.15, -0.1) is 0 Å². The van der Waals surface area contributed by atoms with Gasteiger partial charge in [0.25, 0.3) is 5.91 Å². The topological polar surface area (TPSA) is 45.2 Å². The van der Waals surface area contributed by atoms with Crippen LogP contribution in [0.3, 0.4) is 0 Å². The summed E-state index contributed by atoms with van der Waals surface area (Å²) in [6.45, 7) is 1.40. The quantitative estimate of drug-likeness (QED) is 0.909. The average molecular weight is 346 g/mol. The zero-order valence-corrected chi connectivity index (χ0v) is 13.4. The first-order valence-corrected chi connectivity index (χ1v) is 7.67. The summed E-state index contributed by atoms with van der Waals surface area (Å²) in [5, 5.41) is 2.98. The van der Waals surface area contributed by atoms with Crippen LogP contribution in [0.4, 0.5) is 5.82 Å². The number of rotatable bonds is 2. The van der Waals surface area contributed by atoms with Gasteiger partial charge in [-0.05, 0) is 39.5 Å². The lowest BCUT2D eigenvalue weighted by molar-refractivity contribution is 0.0735. The minimum atomic E-state index is 0.0163. The fourth-order valence-electron chi connectivity index (χ4n) is 2.64. The predicted octanol–water partition coefficient (Wildman–Crippen LogP) is 3.08. The van der Waals surface area contributed by atoms with Crippen molar-refractivity contribution in [2.24, 2.45) is 0 Å². The van der Waals surface area contributed by atoms with Crippen molar-refractivity contribution in [1.29, 1.82) is 0 Å². The van der Waals surface area contributed by atoms with Gasteiger partial charge in [0.05, 0.1) is 5.56 Å². The van der Waals surface area contributed by atoms with Crippen molar-refractivity contribution in [3.05, 3.63) is 57.7 Å². The summed E-state index contributed by atoms with van der Waals surface area (Å²) < 4.78 is 0.808. The molecule has 108 valence electrons. The first-order valence-electron chi connectivity index (χ1n) is 6.88. The van der Waals surface area contributed by atoms with Crippen LogP contribution in [0.25, 0.3) is 0 Å². The van der Waals surface area contributed by atoms with Crippen molar-refractivity contribution in [1.82, 2.24) is 9.88 Å². The number of pyridine rings is 1. The van der Waals surface area contributed by atoms with Gasteiger partial charge in [-0.3, -0.25) is 4.79 Å². The first-order chi connectivity index (χ1) is 10.2. The molecule has 1 aromatic heterocycles. The molecule has 0 saturated heterocycles. The van der Waals surface area contributed by atoms with E-state index in [9.17, 15) is 4.79 Å². The van der Waals surface area contributed by atoms with Crippen LogP contribution < -0.4 is 5.32 Å². The van der Waals surface area contributed by atoms with Gasteiger partial charge in [-0.2, -0.15) is 0 Å². The Morgan fingerprint density at radius 3 is 2.86 bits per heavy atom. The van der Waals surface area contributed by atoms with E-state index in [0.717, 1.165) is 17.4 Å². The van der Waals surface area contributed by atoms with Gasteiger partial charge < -0.3 is 10.2 Å². The summed E-state index contributed by atoms with van der Waals surface area (Å²) in [4.78, 5) is 18.9. The van der Waals surface area contributed by atoms with Gasteiger partial charge in [0.2, 0.25) is 0 Å². The van der Waals surface area contributed by atoms with E-state index in [1.807, 2.05) is 23.1 Å². The zero-order chi connectivity index (χ0) is 14.8. The molecule has 0 atom stereocenters. The number of hydrogen-bond donors (Lipinski definition) is 1. The maximum atomic E-state index is 12.8. The molecular formula is C16H16BrN3O. The van der Waals surface area contributed by atoms with Crippen LogP contribution in [-0.4, -0.2) is 29.4 Å². The normalized spacial score (nSPS) is 13.7. The highest BCUT2D eigenvalue weighted by atomic mass is 79.9. The maximum Gasteiger partial charge on any atom is 0.257 e. The van der Waals surface area contributed by atoms with Crippen molar-refractivity contribution in [3.63, 3.8) is 0 Å². The van der Waals surface area contributed by atoms with Crippen LogP contribution in [0.2, 0.25) is 0 Å². The fourth-order valence-corrected chi connectivity index (χ4v) is 2.97. The van der Waals surface area contributed by atoms with E-state index in [4.69, 9.17) is 0 Å². The molecule has 0 saturated carbocycles. The minimum Gasteiger partial charge on any atom is -0.372 e. The number of carbonyl (C=O) groups is 1. The molecule has 5 heteroatoms. The summed E-state index contributed by atoms with van der Waals surface area (Å²) in [5.74, 6) is 0.629. The molecule has 2 aromatic rings. The molecule has 1 aliphatic heterocycles. The van der Waals surface area contributed by atoms with Crippen molar-refractivity contribution in [2.75, 3.05) is 18.9 Å². The van der Waals surface area contributed by atoms with Gasteiger partial charge >= 0.3 is 0 Å². The van der Waals surface area contributed by atoms with Gasteiger partial charge in [-0.1, -0.05) is 24.3 Å². The Hall–Kier alpha value is -1.88. The Balaban J connectivity index is 1.89. The highest BCUT2D eigenvalue weighted by molar-refractivity contribution is 9.10. The highest BCUT2D eigenvalue weighted by Gasteiger charge is 2.23. The molecule has 0 radical (unpaired) electrons. The fraction of sp³-hybridized carbons (Fsp3) is 0.250. The number of anilines is 1. The van der Waals surface area contributed by atoms with E-state index in [0.29, 0.717) is 17.9 Å². The van der Waals surface area contributed by atoms with Gasteiger partial charge in [0.15, 0.2) is 0 Å². The lowest BCUT2D eigenvalue weighted by atomic mass is 9.99. The van der Waals surface area contributed by atoms with E-state index in [2.05, 4.69) is 38.4 Å². The number of halogens is 1. The molecular weight excluding hydrogens is 330 g/mol. The molecule has 3 rings (SSSR count). The number of fused-ring (bicyclic) bond motifs is 1. The Morgan fingerprint density at radius 2 is 2.10 bits per heavy atom. The second-order valence-corrected chi connectivity index (χ2v) is 5.96. The van der Waals surface area contributed by atoms with Crippen LogP contribution in [0.5, 0.6) is 0 Å². The van der Waals surface area contributed by atoms with Gasteiger partial charge in [0.1, 0.15) is 5.82 Å². The van der Waals surface area contributed by atoms with E-state index in [1.165, 1.54) is 11.1 Å². The molecule has 21 heavy (non-hydrogen) atoms. The second-order valence-electron chi connectivity index (χ2n) is 5.05. The van der Waals surface area contributed by atoms with Gasteiger partial charge in [0, 0.05) is 30.8 Å².